The molecular weight excluding hydrogens is 468 g/mol. The average molecular weight is 489 g/mol. The molecule has 0 saturated carbocycles. The quantitative estimate of drug-likeness (QED) is 0.280. The van der Waals surface area contributed by atoms with Gasteiger partial charge >= 0.3 is 0 Å². The summed E-state index contributed by atoms with van der Waals surface area (Å²) in [5, 5.41) is 1.43. The zero-order valence-electron chi connectivity index (χ0n) is 18.2. The molecule has 1 aromatic heterocycles. The lowest BCUT2D eigenvalue weighted by molar-refractivity contribution is -0.123. The van der Waals surface area contributed by atoms with E-state index in [1.807, 2.05) is 85.1 Å². The number of hydrogen-bond acceptors (Lipinski definition) is 4. The third kappa shape index (κ3) is 4.74. The largest absolute Gasteiger partial charge is 0.492 e. The first-order valence-corrected chi connectivity index (χ1v) is 12.0. The molecule has 1 saturated heterocycles. The molecule has 170 valence electrons. The molecule has 2 heterocycles. The zero-order chi connectivity index (χ0) is 23.5. The average Bonchev–Trinajstić information content (AvgIpc) is 3.31. The second kappa shape index (κ2) is 9.79. The molecule has 0 unspecified atom stereocenters. The summed E-state index contributed by atoms with van der Waals surface area (Å²) in [6.45, 7) is 1.09. The first-order chi connectivity index (χ1) is 16.6. The molecule has 3 aromatic carbocycles. The van der Waals surface area contributed by atoms with Crippen molar-refractivity contribution in [1.82, 2.24) is 9.47 Å². The van der Waals surface area contributed by atoms with Gasteiger partial charge in [-0.1, -0.05) is 60.1 Å². The molecule has 0 aliphatic carbocycles. The number of nitrogens with zero attached hydrogens (tertiary/aromatic N) is 2. The summed E-state index contributed by atoms with van der Waals surface area (Å²) in [6, 6.07) is 25.1. The van der Waals surface area contributed by atoms with Gasteiger partial charge in [0.25, 0.3) is 11.1 Å². The van der Waals surface area contributed by atoms with Gasteiger partial charge in [0.2, 0.25) is 0 Å². The molecule has 1 aliphatic rings. The number of carbonyl (C=O) groups is 2. The molecule has 0 atom stereocenters. The van der Waals surface area contributed by atoms with Gasteiger partial charge in [0.1, 0.15) is 12.4 Å². The monoisotopic (exact) mass is 488 g/mol. The van der Waals surface area contributed by atoms with Gasteiger partial charge in [-0.05, 0) is 53.7 Å². The molecule has 4 aromatic rings. The molecule has 2 amide bonds. The van der Waals surface area contributed by atoms with Crippen molar-refractivity contribution in [3.63, 3.8) is 0 Å². The summed E-state index contributed by atoms with van der Waals surface area (Å²) < 4.78 is 7.79. The second-order valence-corrected chi connectivity index (χ2v) is 9.28. The molecule has 34 heavy (non-hydrogen) atoms. The van der Waals surface area contributed by atoms with Crippen molar-refractivity contribution in [2.45, 2.75) is 6.54 Å². The minimum absolute atomic E-state index is 0.202. The van der Waals surface area contributed by atoms with Gasteiger partial charge in [0, 0.05) is 34.2 Å². The maximum absolute atomic E-state index is 13.0. The van der Waals surface area contributed by atoms with Crippen LogP contribution in [0.25, 0.3) is 17.0 Å². The number of rotatable bonds is 7. The Hall–Kier alpha value is -3.48. The van der Waals surface area contributed by atoms with Crippen LogP contribution in [0.2, 0.25) is 5.02 Å². The molecule has 0 radical (unpaired) electrons. The van der Waals surface area contributed by atoms with Crippen molar-refractivity contribution in [2.24, 2.45) is 0 Å². The molecular formula is C27H21ClN2O3S. The van der Waals surface area contributed by atoms with E-state index in [0.717, 1.165) is 33.8 Å². The predicted molar refractivity (Wildman–Crippen MR) is 137 cm³/mol. The first-order valence-electron chi connectivity index (χ1n) is 10.8. The van der Waals surface area contributed by atoms with Gasteiger partial charge in [0.05, 0.1) is 11.4 Å². The van der Waals surface area contributed by atoms with Crippen LogP contribution in [0.4, 0.5) is 4.79 Å². The lowest BCUT2D eigenvalue weighted by Crippen LogP contribution is -2.32. The number of aromatic nitrogens is 1. The lowest BCUT2D eigenvalue weighted by atomic mass is 10.1. The van der Waals surface area contributed by atoms with Gasteiger partial charge in [-0.2, -0.15) is 0 Å². The highest BCUT2D eigenvalue weighted by Crippen LogP contribution is 2.34. The number of imide groups is 1. The number of halogens is 1. The summed E-state index contributed by atoms with van der Waals surface area (Å²) in [6.07, 6.45) is 3.82. The molecule has 7 heteroatoms. The summed E-state index contributed by atoms with van der Waals surface area (Å²) in [7, 11) is 0. The number of benzene rings is 3. The predicted octanol–water partition coefficient (Wildman–Crippen LogP) is 6.46. The van der Waals surface area contributed by atoms with Crippen LogP contribution in [-0.2, 0) is 11.3 Å². The van der Waals surface area contributed by atoms with Crippen LogP contribution in [0.1, 0.15) is 11.1 Å². The fraction of sp³-hybridized carbons (Fsp3) is 0.111. The second-order valence-electron chi connectivity index (χ2n) is 7.85. The van der Waals surface area contributed by atoms with Gasteiger partial charge in [-0.15, -0.1) is 0 Å². The van der Waals surface area contributed by atoms with Gasteiger partial charge in [-0.3, -0.25) is 14.5 Å². The third-order valence-electron chi connectivity index (χ3n) is 5.55. The highest BCUT2D eigenvalue weighted by atomic mass is 35.5. The zero-order valence-corrected chi connectivity index (χ0v) is 19.8. The Morgan fingerprint density at radius 2 is 1.74 bits per heavy atom. The fourth-order valence-corrected chi connectivity index (χ4v) is 5.03. The number of hydrogen-bond donors (Lipinski definition) is 0. The number of carbonyl (C=O) groups excluding carboxylic acids is 2. The Morgan fingerprint density at radius 3 is 2.56 bits per heavy atom. The number of ether oxygens (including phenoxy) is 1. The van der Waals surface area contributed by atoms with Crippen LogP contribution >= 0.6 is 23.4 Å². The number of para-hydroxylation sites is 2. The first kappa shape index (κ1) is 22.3. The van der Waals surface area contributed by atoms with Crippen molar-refractivity contribution in [1.29, 1.82) is 0 Å². The van der Waals surface area contributed by atoms with Gasteiger partial charge in [-0.25, -0.2) is 0 Å². The lowest BCUT2D eigenvalue weighted by Gasteiger charge is -2.13. The van der Waals surface area contributed by atoms with Crippen LogP contribution in [-0.4, -0.2) is 33.8 Å². The van der Waals surface area contributed by atoms with Crippen molar-refractivity contribution in [3.8, 4) is 5.75 Å². The van der Waals surface area contributed by atoms with E-state index < -0.39 is 0 Å². The summed E-state index contributed by atoms with van der Waals surface area (Å²) in [5.74, 6) is 0.413. The fourth-order valence-electron chi connectivity index (χ4n) is 3.96. The Kier molecular flexibility index (Phi) is 6.43. The normalized spacial score (nSPS) is 15.0. The smallest absolute Gasteiger partial charge is 0.293 e. The number of amides is 2. The number of thioether (sulfide) groups is 1. The molecule has 0 spiro atoms. The van der Waals surface area contributed by atoms with Crippen LogP contribution in [0, 0.1) is 0 Å². The molecule has 0 bridgehead atoms. The van der Waals surface area contributed by atoms with Crippen molar-refractivity contribution in [3.05, 3.63) is 106 Å². The molecule has 0 N–H and O–H groups in total. The van der Waals surface area contributed by atoms with Gasteiger partial charge in [0.15, 0.2) is 0 Å². The highest BCUT2D eigenvalue weighted by molar-refractivity contribution is 8.18. The Labute approximate surface area is 206 Å². The maximum Gasteiger partial charge on any atom is 0.293 e. The maximum atomic E-state index is 13.0. The van der Waals surface area contributed by atoms with Crippen LogP contribution < -0.4 is 4.74 Å². The van der Waals surface area contributed by atoms with E-state index in [9.17, 15) is 9.59 Å². The van der Waals surface area contributed by atoms with E-state index >= 15 is 0 Å². The van der Waals surface area contributed by atoms with Crippen LogP contribution in [0.15, 0.2) is 90.0 Å². The Morgan fingerprint density at radius 1 is 0.941 bits per heavy atom. The SMILES string of the molecule is O=C1S/C(=C\c2cn(Cc3cccc(Cl)c3)c3ccccc23)C(=O)N1CCOc1ccccc1. The van der Waals surface area contributed by atoms with Crippen molar-refractivity contribution < 1.29 is 14.3 Å². The topological polar surface area (TPSA) is 51.5 Å². The van der Waals surface area contributed by atoms with E-state index in [-0.39, 0.29) is 24.3 Å². The summed E-state index contributed by atoms with van der Waals surface area (Å²) >= 11 is 7.12. The van der Waals surface area contributed by atoms with Crippen LogP contribution in [0.5, 0.6) is 5.75 Å². The highest BCUT2D eigenvalue weighted by Gasteiger charge is 2.35. The molecule has 5 rings (SSSR count). The summed E-state index contributed by atoms with van der Waals surface area (Å²) in [4.78, 5) is 27.1. The van der Waals surface area contributed by atoms with Crippen LogP contribution in [0.3, 0.4) is 0 Å². The van der Waals surface area contributed by atoms with Crippen molar-refractivity contribution >= 4 is 51.5 Å². The summed E-state index contributed by atoms with van der Waals surface area (Å²) in [5.41, 5.74) is 3.02. The van der Waals surface area contributed by atoms with E-state index in [2.05, 4.69) is 4.57 Å². The molecule has 1 fully saturated rings. The molecule has 5 nitrogen and oxygen atoms in total. The van der Waals surface area contributed by atoms with E-state index in [1.165, 1.54) is 4.90 Å². The van der Waals surface area contributed by atoms with Crippen molar-refractivity contribution in [2.75, 3.05) is 13.2 Å². The number of fused-ring (bicyclic) bond motifs is 1. The van der Waals surface area contributed by atoms with E-state index in [1.54, 1.807) is 6.08 Å². The third-order valence-corrected chi connectivity index (χ3v) is 6.69. The van der Waals surface area contributed by atoms with E-state index in [0.29, 0.717) is 22.2 Å². The molecule has 1 aliphatic heterocycles. The standard InChI is InChI=1S/C27H21ClN2O3S/c28-21-8-6-7-19(15-21)17-29-18-20(23-11-4-5-12-24(23)29)16-25-26(31)30(27(32)34-25)13-14-33-22-9-2-1-3-10-22/h1-12,15-16,18H,13-14,17H2/b25-16-. The minimum Gasteiger partial charge on any atom is -0.492 e. The Balaban J connectivity index is 1.36. The van der Waals surface area contributed by atoms with E-state index in [4.69, 9.17) is 16.3 Å². The minimum atomic E-state index is -0.293. The Bertz CT molecular complexity index is 1400. The van der Waals surface area contributed by atoms with Gasteiger partial charge < -0.3 is 9.30 Å².